The van der Waals surface area contributed by atoms with Gasteiger partial charge < -0.3 is 0 Å². The van der Waals surface area contributed by atoms with E-state index in [-0.39, 0.29) is 10.9 Å². The van der Waals surface area contributed by atoms with Crippen LogP contribution in [0.25, 0.3) is 0 Å². The van der Waals surface area contributed by atoms with Crippen molar-refractivity contribution in [2.24, 2.45) is 0 Å². The first-order chi connectivity index (χ1) is 11.3. The maximum Gasteiger partial charge on any atom is 0.155 e. The molecule has 0 aliphatic carbocycles. The van der Waals surface area contributed by atoms with Gasteiger partial charge >= 0.3 is 0 Å². The molecule has 0 nitrogen and oxygen atoms in total. The summed E-state index contributed by atoms with van der Waals surface area (Å²) in [6.07, 6.45) is 1.14. The standard InChI is InChI=1S/C22H23S/c1-19-12-14-22(15-13-19)23(18-21-10-6-3-7-11-21)17-16-20-8-4-2-5-9-20/h2-15H,16-18H2,1H3/q+1. The van der Waals surface area contributed by atoms with Crippen LogP contribution in [0.15, 0.2) is 89.8 Å². The molecule has 0 aromatic heterocycles. The predicted octanol–water partition coefficient (Wildman–Crippen LogP) is 5.42. The SMILES string of the molecule is Cc1ccc([S+](CCc2ccccc2)Cc2ccccc2)cc1. The maximum atomic E-state index is 2.31. The molecule has 0 spiro atoms. The fraction of sp³-hybridized carbons (Fsp3) is 0.182. The van der Waals surface area contributed by atoms with Crippen molar-refractivity contribution < 1.29 is 0 Å². The minimum Gasteiger partial charge on any atom is -0.0622 e. The highest BCUT2D eigenvalue weighted by Gasteiger charge is 2.22. The van der Waals surface area contributed by atoms with Crippen molar-refractivity contribution in [2.75, 3.05) is 5.75 Å². The lowest BCUT2D eigenvalue weighted by atomic mass is 10.2. The zero-order valence-corrected chi connectivity index (χ0v) is 14.4. The number of benzene rings is 3. The topological polar surface area (TPSA) is 0 Å². The van der Waals surface area contributed by atoms with Crippen LogP contribution < -0.4 is 0 Å². The van der Waals surface area contributed by atoms with Crippen molar-refractivity contribution in [3.63, 3.8) is 0 Å². The third-order valence-electron chi connectivity index (χ3n) is 4.02. The molecule has 3 rings (SSSR count). The van der Waals surface area contributed by atoms with E-state index in [2.05, 4.69) is 91.9 Å². The lowest BCUT2D eigenvalue weighted by molar-refractivity contribution is 1.13. The van der Waals surface area contributed by atoms with Gasteiger partial charge in [0.25, 0.3) is 0 Å². The van der Waals surface area contributed by atoms with Crippen molar-refractivity contribution in [3.05, 3.63) is 102 Å². The largest absolute Gasteiger partial charge is 0.155 e. The zero-order chi connectivity index (χ0) is 15.9. The molecule has 1 unspecified atom stereocenters. The Morgan fingerprint density at radius 1 is 0.652 bits per heavy atom. The quantitative estimate of drug-likeness (QED) is 0.533. The Morgan fingerprint density at radius 3 is 1.83 bits per heavy atom. The van der Waals surface area contributed by atoms with Gasteiger partial charge in [-0.1, -0.05) is 78.4 Å². The molecular weight excluding hydrogens is 296 g/mol. The second kappa shape index (κ2) is 8.03. The number of aryl methyl sites for hydroxylation is 2. The molecule has 116 valence electrons. The van der Waals surface area contributed by atoms with Gasteiger partial charge in [-0.15, -0.1) is 0 Å². The normalized spacial score (nSPS) is 12.0. The van der Waals surface area contributed by atoms with Gasteiger partial charge in [-0.05, 0) is 24.6 Å². The van der Waals surface area contributed by atoms with Crippen LogP contribution in [0.4, 0.5) is 0 Å². The van der Waals surface area contributed by atoms with Crippen LogP contribution in [0.2, 0.25) is 0 Å². The van der Waals surface area contributed by atoms with E-state index in [9.17, 15) is 0 Å². The molecule has 0 aliphatic heterocycles. The van der Waals surface area contributed by atoms with Gasteiger partial charge in [0.15, 0.2) is 4.90 Å². The van der Waals surface area contributed by atoms with E-state index in [0.29, 0.717) is 0 Å². The molecule has 3 aromatic carbocycles. The summed E-state index contributed by atoms with van der Waals surface area (Å²) in [6, 6.07) is 30.8. The molecule has 1 heteroatoms. The smallest absolute Gasteiger partial charge is 0.0622 e. The van der Waals surface area contributed by atoms with Crippen LogP contribution in [0.1, 0.15) is 16.7 Å². The molecule has 0 bridgehead atoms. The zero-order valence-electron chi connectivity index (χ0n) is 13.6. The Morgan fingerprint density at radius 2 is 1.22 bits per heavy atom. The summed E-state index contributed by atoms with van der Waals surface area (Å²) >= 11 is 0. The molecule has 0 amide bonds. The van der Waals surface area contributed by atoms with E-state index in [1.165, 1.54) is 27.3 Å². The molecular formula is C22H23S+. The highest BCUT2D eigenvalue weighted by atomic mass is 32.2. The number of hydrogen-bond acceptors (Lipinski definition) is 0. The van der Waals surface area contributed by atoms with Crippen LogP contribution in [-0.2, 0) is 23.1 Å². The van der Waals surface area contributed by atoms with Gasteiger partial charge in [0.1, 0.15) is 11.5 Å². The van der Waals surface area contributed by atoms with Crippen molar-refractivity contribution >= 4 is 10.9 Å². The van der Waals surface area contributed by atoms with Crippen molar-refractivity contribution in [1.29, 1.82) is 0 Å². The predicted molar refractivity (Wildman–Crippen MR) is 102 cm³/mol. The van der Waals surface area contributed by atoms with Crippen molar-refractivity contribution in [3.8, 4) is 0 Å². The van der Waals surface area contributed by atoms with E-state index in [1.54, 1.807) is 0 Å². The molecule has 0 heterocycles. The van der Waals surface area contributed by atoms with Crippen molar-refractivity contribution in [2.45, 2.75) is 24.0 Å². The highest BCUT2D eigenvalue weighted by Crippen LogP contribution is 2.21. The Balaban J connectivity index is 1.76. The Bertz CT molecular complexity index is 702. The van der Waals surface area contributed by atoms with Gasteiger partial charge in [-0.2, -0.15) is 0 Å². The summed E-state index contributed by atoms with van der Waals surface area (Å²) in [7, 11) is 0.252. The number of rotatable bonds is 6. The molecule has 3 aromatic rings. The first-order valence-corrected chi connectivity index (χ1v) is 9.69. The third kappa shape index (κ3) is 4.74. The monoisotopic (exact) mass is 319 g/mol. The van der Waals surface area contributed by atoms with Crippen LogP contribution in [0, 0.1) is 6.92 Å². The van der Waals surface area contributed by atoms with Crippen LogP contribution in [-0.4, -0.2) is 5.75 Å². The van der Waals surface area contributed by atoms with E-state index < -0.39 is 0 Å². The summed E-state index contributed by atoms with van der Waals surface area (Å²) in [5.41, 5.74) is 4.20. The molecule has 0 fully saturated rings. The summed E-state index contributed by atoms with van der Waals surface area (Å²) in [5, 5.41) is 0. The van der Waals surface area contributed by atoms with E-state index in [1.807, 2.05) is 0 Å². The fourth-order valence-electron chi connectivity index (χ4n) is 2.67. The minimum atomic E-state index is 0.252. The van der Waals surface area contributed by atoms with E-state index in [0.717, 1.165) is 12.2 Å². The molecule has 0 saturated heterocycles. The number of hydrogen-bond donors (Lipinski definition) is 0. The summed E-state index contributed by atoms with van der Waals surface area (Å²) in [6.45, 7) is 2.16. The summed E-state index contributed by atoms with van der Waals surface area (Å²) < 4.78 is 0. The van der Waals surface area contributed by atoms with Gasteiger partial charge in [0.05, 0.1) is 0 Å². The summed E-state index contributed by atoms with van der Waals surface area (Å²) in [4.78, 5) is 1.48. The van der Waals surface area contributed by atoms with E-state index in [4.69, 9.17) is 0 Å². The fourth-order valence-corrected chi connectivity index (χ4v) is 4.81. The average Bonchev–Trinajstić information content (AvgIpc) is 2.61. The molecule has 0 radical (unpaired) electrons. The van der Waals surface area contributed by atoms with Gasteiger partial charge in [-0.25, -0.2) is 0 Å². The molecule has 23 heavy (non-hydrogen) atoms. The summed E-state index contributed by atoms with van der Waals surface area (Å²) in [5.74, 6) is 2.35. The highest BCUT2D eigenvalue weighted by molar-refractivity contribution is 7.96. The van der Waals surface area contributed by atoms with Gasteiger partial charge in [0.2, 0.25) is 0 Å². The first-order valence-electron chi connectivity index (χ1n) is 8.13. The minimum absolute atomic E-state index is 0.252. The average molecular weight is 319 g/mol. The maximum absolute atomic E-state index is 2.31. The molecule has 0 N–H and O–H groups in total. The second-order valence-electron chi connectivity index (χ2n) is 5.88. The van der Waals surface area contributed by atoms with Crippen molar-refractivity contribution in [1.82, 2.24) is 0 Å². The van der Waals surface area contributed by atoms with E-state index >= 15 is 0 Å². The van der Waals surface area contributed by atoms with Crippen LogP contribution in [0.3, 0.4) is 0 Å². The van der Waals surface area contributed by atoms with Gasteiger partial charge in [-0.3, -0.25) is 0 Å². The Hall–Kier alpha value is -1.99. The molecule has 0 aliphatic rings. The lowest BCUT2D eigenvalue weighted by Crippen LogP contribution is -2.13. The Kier molecular flexibility index (Phi) is 5.55. The first kappa shape index (κ1) is 15.9. The molecule has 0 saturated carbocycles. The lowest BCUT2D eigenvalue weighted by Gasteiger charge is -2.09. The molecule has 1 atom stereocenters. The third-order valence-corrected chi connectivity index (χ3v) is 6.34. The van der Waals surface area contributed by atoms with Crippen LogP contribution in [0.5, 0.6) is 0 Å². The second-order valence-corrected chi connectivity index (χ2v) is 8.03. The Labute approximate surface area is 142 Å². The van der Waals surface area contributed by atoms with Crippen LogP contribution >= 0.6 is 0 Å². The van der Waals surface area contributed by atoms with Gasteiger partial charge in [0, 0.05) is 22.9 Å².